The van der Waals surface area contributed by atoms with E-state index in [0.717, 1.165) is 32.4 Å². The smallest absolute Gasteiger partial charge is 0.307 e. The van der Waals surface area contributed by atoms with E-state index in [-0.39, 0.29) is 23.8 Å². The summed E-state index contributed by atoms with van der Waals surface area (Å²) in [5.74, 6) is -0.654. The number of carbonyl (C=O) groups excluding carboxylic acids is 2. The zero-order valence-electron chi connectivity index (χ0n) is 14.9. The van der Waals surface area contributed by atoms with Gasteiger partial charge >= 0.3 is 5.97 Å². The molecule has 1 aliphatic heterocycles. The number of piperidine rings is 1. The molecule has 1 unspecified atom stereocenters. The lowest BCUT2D eigenvalue weighted by Crippen LogP contribution is -2.47. The number of nitrogens with one attached hydrogen (secondary N) is 1. The lowest BCUT2D eigenvalue weighted by molar-refractivity contribution is -0.384. The fourth-order valence-corrected chi connectivity index (χ4v) is 2.97. The van der Waals surface area contributed by atoms with Crippen LogP contribution >= 0.6 is 0 Å². The van der Waals surface area contributed by atoms with Crippen LogP contribution in [0.15, 0.2) is 18.2 Å². The maximum Gasteiger partial charge on any atom is 0.307 e. The summed E-state index contributed by atoms with van der Waals surface area (Å²) in [5.41, 5.74) is 0.178. The molecule has 0 radical (unpaired) electrons. The van der Waals surface area contributed by atoms with Gasteiger partial charge in [0.15, 0.2) is 0 Å². The highest BCUT2D eigenvalue weighted by Gasteiger charge is 2.30. The van der Waals surface area contributed by atoms with Crippen LogP contribution in [0.5, 0.6) is 5.75 Å². The number of anilines is 1. The van der Waals surface area contributed by atoms with Gasteiger partial charge in [0, 0.05) is 6.07 Å². The van der Waals surface area contributed by atoms with Crippen LogP contribution in [-0.2, 0) is 14.3 Å². The minimum atomic E-state index is -0.664. The number of nitrogens with zero attached hydrogens (tertiary/aromatic N) is 2. The number of amides is 1. The summed E-state index contributed by atoms with van der Waals surface area (Å²) < 4.78 is 9.85. The highest BCUT2D eigenvalue weighted by Crippen LogP contribution is 2.29. The highest BCUT2D eigenvalue weighted by atomic mass is 16.6. The summed E-state index contributed by atoms with van der Waals surface area (Å²) in [5, 5.41) is 13.6. The molecule has 0 aromatic heterocycles. The fraction of sp³-hybridized carbons (Fsp3) is 0.529. The molecule has 0 saturated carbocycles. The molecule has 1 atom stereocenters. The SMILES string of the molecule is COC(=O)CC(C(=O)Nc1ccc([N+](=O)[O-])cc1OC)N1CCCCC1. The first kappa shape index (κ1) is 19.6. The third-order valence-corrected chi connectivity index (χ3v) is 4.38. The lowest BCUT2D eigenvalue weighted by atomic mass is 10.1. The minimum Gasteiger partial charge on any atom is -0.494 e. The van der Waals surface area contributed by atoms with Gasteiger partial charge in [-0.3, -0.25) is 24.6 Å². The Labute approximate surface area is 151 Å². The molecule has 1 aromatic carbocycles. The Morgan fingerprint density at radius 1 is 1.27 bits per heavy atom. The maximum atomic E-state index is 12.8. The van der Waals surface area contributed by atoms with Gasteiger partial charge in [0.25, 0.3) is 5.69 Å². The standard InChI is InChI=1S/C17H23N3O6/c1-25-15-10-12(20(23)24)6-7-13(15)18-17(22)14(11-16(21)26-2)19-8-4-3-5-9-19/h6-7,10,14H,3-5,8-9,11H2,1-2H3,(H,18,22). The Hall–Kier alpha value is -2.68. The quantitative estimate of drug-likeness (QED) is 0.447. The molecule has 1 heterocycles. The zero-order chi connectivity index (χ0) is 19.1. The molecule has 9 heteroatoms. The summed E-state index contributed by atoms with van der Waals surface area (Å²) >= 11 is 0. The predicted molar refractivity (Wildman–Crippen MR) is 94.1 cm³/mol. The molecule has 0 aliphatic carbocycles. The van der Waals surface area contributed by atoms with E-state index >= 15 is 0 Å². The number of nitro groups is 1. The third kappa shape index (κ3) is 4.92. The number of ether oxygens (including phenoxy) is 2. The van der Waals surface area contributed by atoms with E-state index in [1.54, 1.807) is 0 Å². The van der Waals surface area contributed by atoms with Crippen LogP contribution in [0.3, 0.4) is 0 Å². The number of non-ortho nitro benzene ring substituents is 1. The van der Waals surface area contributed by atoms with Crippen LogP contribution < -0.4 is 10.1 Å². The van der Waals surface area contributed by atoms with E-state index in [4.69, 9.17) is 9.47 Å². The van der Waals surface area contributed by atoms with Gasteiger partial charge in [-0.15, -0.1) is 0 Å². The monoisotopic (exact) mass is 365 g/mol. The van der Waals surface area contributed by atoms with Gasteiger partial charge in [0.2, 0.25) is 5.91 Å². The molecule has 1 aromatic rings. The fourth-order valence-electron chi connectivity index (χ4n) is 2.97. The van der Waals surface area contributed by atoms with E-state index in [0.29, 0.717) is 5.69 Å². The van der Waals surface area contributed by atoms with Gasteiger partial charge in [-0.25, -0.2) is 0 Å². The largest absolute Gasteiger partial charge is 0.494 e. The van der Waals surface area contributed by atoms with Crippen LogP contribution in [0.25, 0.3) is 0 Å². The number of methoxy groups -OCH3 is 2. The molecule has 2 rings (SSSR count). The molecular weight excluding hydrogens is 342 g/mol. The molecular formula is C17H23N3O6. The van der Waals surface area contributed by atoms with Gasteiger partial charge in [0.05, 0.1) is 37.3 Å². The average Bonchev–Trinajstić information content (AvgIpc) is 2.66. The molecule has 9 nitrogen and oxygen atoms in total. The van der Waals surface area contributed by atoms with E-state index in [9.17, 15) is 19.7 Å². The van der Waals surface area contributed by atoms with Crippen molar-refractivity contribution in [3.63, 3.8) is 0 Å². The van der Waals surface area contributed by atoms with Crippen molar-refractivity contribution in [3.05, 3.63) is 28.3 Å². The van der Waals surface area contributed by atoms with Crippen molar-refractivity contribution in [1.29, 1.82) is 0 Å². The van der Waals surface area contributed by atoms with Crippen molar-refractivity contribution in [2.24, 2.45) is 0 Å². The summed E-state index contributed by atoms with van der Waals surface area (Å²) in [6.45, 7) is 1.46. The van der Waals surface area contributed by atoms with E-state index in [2.05, 4.69) is 5.32 Å². The number of likely N-dealkylation sites (tertiary alicyclic amines) is 1. The van der Waals surface area contributed by atoms with Crippen molar-refractivity contribution in [1.82, 2.24) is 4.90 Å². The molecule has 0 bridgehead atoms. The predicted octanol–water partition coefficient (Wildman–Crippen LogP) is 1.96. The first-order valence-corrected chi connectivity index (χ1v) is 8.40. The van der Waals surface area contributed by atoms with E-state index < -0.39 is 16.9 Å². The molecule has 1 N–H and O–H groups in total. The van der Waals surface area contributed by atoms with Gasteiger partial charge in [-0.05, 0) is 32.0 Å². The van der Waals surface area contributed by atoms with E-state index in [1.807, 2.05) is 4.90 Å². The average molecular weight is 365 g/mol. The molecule has 26 heavy (non-hydrogen) atoms. The van der Waals surface area contributed by atoms with E-state index in [1.165, 1.54) is 32.4 Å². The number of rotatable bonds is 7. The van der Waals surface area contributed by atoms with Crippen LogP contribution in [0.1, 0.15) is 25.7 Å². The lowest BCUT2D eigenvalue weighted by Gasteiger charge is -2.33. The Kier molecular flexibility index (Phi) is 6.90. The Morgan fingerprint density at radius 3 is 2.54 bits per heavy atom. The van der Waals surface area contributed by atoms with Crippen molar-refractivity contribution >= 4 is 23.3 Å². The molecule has 1 aliphatic rings. The number of hydrogen-bond donors (Lipinski definition) is 1. The maximum absolute atomic E-state index is 12.8. The van der Waals surface area contributed by atoms with Gasteiger partial charge in [-0.1, -0.05) is 6.42 Å². The number of carbonyl (C=O) groups is 2. The zero-order valence-corrected chi connectivity index (χ0v) is 14.9. The summed E-state index contributed by atoms with van der Waals surface area (Å²) in [4.78, 5) is 36.8. The van der Waals surface area contributed by atoms with Crippen molar-refractivity contribution in [2.45, 2.75) is 31.7 Å². The molecule has 142 valence electrons. The molecule has 1 amide bonds. The first-order valence-electron chi connectivity index (χ1n) is 8.40. The summed E-state index contributed by atoms with van der Waals surface area (Å²) in [7, 11) is 2.65. The Morgan fingerprint density at radius 2 is 1.96 bits per heavy atom. The van der Waals surface area contributed by atoms with Crippen molar-refractivity contribution < 1.29 is 24.0 Å². The molecule has 1 fully saturated rings. The third-order valence-electron chi connectivity index (χ3n) is 4.38. The second-order valence-corrected chi connectivity index (χ2v) is 6.02. The number of nitro benzene ring substituents is 1. The van der Waals surface area contributed by atoms with Crippen LogP contribution in [0.2, 0.25) is 0 Å². The van der Waals surface area contributed by atoms with Gasteiger partial charge in [-0.2, -0.15) is 0 Å². The minimum absolute atomic E-state index is 0.0579. The van der Waals surface area contributed by atoms with Crippen molar-refractivity contribution in [3.8, 4) is 5.75 Å². The van der Waals surface area contributed by atoms with Crippen LogP contribution in [-0.4, -0.2) is 55.1 Å². The summed E-state index contributed by atoms with van der Waals surface area (Å²) in [6.07, 6.45) is 2.97. The Bertz CT molecular complexity index is 672. The highest BCUT2D eigenvalue weighted by molar-refractivity contribution is 5.98. The number of benzene rings is 1. The number of hydrogen-bond acceptors (Lipinski definition) is 7. The molecule has 0 spiro atoms. The van der Waals surface area contributed by atoms with Gasteiger partial charge < -0.3 is 14.8 Å². The second-order valence-electron chi connectivity index (χ2n) is 6.02. The summed E-state index contributed by atoms with van der Waals surface area (Å²) in [6, 6.07) is 3.28. The normalized spacial score (nSPS) is 15.8. The van der Waals surface area contributed by atoms with Gasteiger partial charge in [0.1, 0.15) is 11.8 Å². The first-order chi connectivity index (χ1) is 12.5. The van der Waals surface area contributed by atoms with Crippen LogP contribution in [0.4, 0.5) is 11.4 Å². The Balaban J connectivity index is 2.19. The van der Waals surface area contributed by atoms with Crippen LogP contribution in [0, 0.1) is 10.1 Å². The topological polar surface area (TPSA) is 111 Å². The van der Waals surface area contributed by atoms with Crippen molar-refractivity contribution in [2.75, 3.05) is 32.6 Å². The number of esters is 1. The molecule has 1 saturated heterocycles. The second kappa shape index (κ2) is 9.14.